The van der Waals surface area contributed by atoms with E-state index in [4.69, 9.17) is 14.2 Å². The second kappa shape index (κ2) is 58.7. The monoisotopic (exact) mass is 1020 g/mol. The lowest BCUT2D eigenvalue weighted by atomic mass is 9.99. The van der Waals surface area contributed by atoms with Gasteiger partial charge in [-0.1, -0.05) is 336 Å². The minimum Gasteiger partial charge on any atom is -0.462 e. The van der Waals surface area contributed by atoms with Crippen molar-refractivity contribution in [1.29, 1.82) is 0 Å². The summed E-state index contributed by atoms with van der Waals surface area (Å²) in [5, 5.41) is 0. The Morgan fingerprint density at radius 1 is 0.278 bits per heavy atom. The highest BCUT2D eigenvalue weighted by Crippen LogP contribution is 2.20. The highest BCUT2D eigenvalue weighted by atomic mass is 16.6. The Bertz CT molecular complexity index is 1110. The first-order valence-corrected chi connectivity index (χ1v) is 32.8. The molecule has 0 spiro atoms. The lowest BCUT2D eigenvalue weighted by molar-refractivity contribution is -0.167. The van der Waals surface area contributed by atoms with Crippen molar-refractivity contribution in [3.05, 3.63) is 0 Å². The third-order valence-corrected chi connectivity index (χ3v) is 15.9. The molecule has 0 aliphatic rings. The van der Waals surface area contributed by atoms with Gasteiger partial charge < -0.3 is 14.2 Å². The zero-order chi connectivity index (χ0) is 52.5. The van der Waals surface area contributed by atoms with Crippen molar-refractivity contribution >= 4 is 17.9 Å². The highest BCUT2D eigenvalue weighted by molar-refractivity contribution is 5.71. The second-order valence-electron chi connectivity index (χ2n) is 23.2. The molecular weight excluding hydrogens is 889 g/mol. The van der Waals surface area contributed by atoms with Gasteiger partial charge in [-0.05, 0) is 31.1 Å². The number of unbranched alkanes of at least 4 members (excludes halogenated alkanes) is 43. The van der Waals surface area contributed by atoms with Crippen molar-refractivity contribution in [1.82, 2.24) is 0 Å². The molecule has 0 amide bonds. The first-order chi connectivity index (χ1) is 35.3. The fourth-order valence-corrected chi connectivity index (χ4v) is 10.2. The number of hydrogen-bond acceptors (Lipinski definition) is 6. The van der Waals surface area contributed by atoms with E-state index in [1.807, 2.05) is 0 Å². The molecule has 3 atom stereocenters. The van der Waals surface area contributed by atoms with Crippen LogP contribution < -0.4 is 0 Å². The molecule has 428 valence electrons. The summed E-state index contributed by atoms with van der Waals surface area (Å²) >= 11 is 0. The normalized spacial score (nSPS) is 12.8. The molecule has 0 saturated carbocycles. The van der Waals surface area contributed by atoms with E-state index >= 15 is 0 Å². The fourth-order valence-electron chi connectivity index (χ4n) is 10.2. The third-order valence-electron chi connectivity index (χ3n) is 15.9. The Hall–Kier alpha value is -1.59. The maximum atomic E-state index is 12.9. The van der Waals surface area contributed by atoms with Gasteiger partial charge in [-0.3, -0.25) is 14.4 Å². The van der Waals surface area contributed by atoms with Crippen LogP contribution in [-0.2, 0) is 28.6 Å². The number of carbonyl (C=O) groups excluding carboxylic acids is 3. The summed E-state index contributed by atoms with van der Waals surface area (Å²) in [4.78, 5) is 38.3. The zero-order valence-electron chi connectivity index (χ0n) is 49.6. The zero-order valence-corrected chi connectivity index (χ0v) is 49.6. The van der Waals surface area contributed by atoms with E-state index in [0.717, 1.165) is 69.6 Å². The Morgan fingerprint density at radius 3 is 0.722 bits per heavy atom. The smallest absolute Gasteiger partial charge is 0.306 e. The van der Waals surface area contributed by atoms with Gasteiger partial charge in [0.1, 0.15) is 13.2 Å². The summed E-state index contributed by atoms with van der Waals surface area (Å²) in [6.45, 7) is 11.5. The number of rotatable bonds is 60. The minimum atomic E-state index is -0.764. The Balaban J connectivity index is 4.26. The van der Waals surface area contributed by atoms with E-state index in [1.54, 1.807) is 0 Å². The number of esters is 3. The van der Waals surface area contributed by atoms with Crippen LogP contribution >= 0.6 is 0 Å². The van der Waals surface area contributed by atoms with Crippen molar-refractivity contribution in [2.24, 2.45) is 11.8 Å². The molecule has 0 aromatic rings. The predicted molar refractivity (Wildman–Crippen MR) is 312 cm³/mol. The van der Waals surface area contributed by atoms with Crippen LogP contribution in [0.3, 0.4) is 0 Å². The topological polar surface area (TPSA) is 78.9 Å². The van der Waals surface area contributed by atoms with Gasteiger partial charge >= 0.3 is 17.9 Å². The van der Waals surface area contributed by atoms with Gasteiger partial charge in [-0.15, -0.1) is 0 Å². The molecule has 0 fully saturated rings. The lowest BCUT2D eigenvalue weighted by Crippen LogP contribution is -2.30. The molecule has 0 aliphatic heterocycles. The molecule has 0 rings (SSSR count). The second-order valence-corrected chi connectivity index (χ2v) is 23.2. The summed E-state index contributed by atoms with van der Waals surface area (Å²) in [6, 6.07) is 0. The van der Waals surface area contributed by atoms with Crippen LogP contribution in [-0.4, -0.2) is 37.2 Å². The molecule has 0 radical (unpaired) electrons. The summed E-state index contributed by atoms with van der Waals surface area (Å²) in [5.74, 6) is 0.948. The van der Waals surface area contributed by atoms with Crippen LogP contribution in [0.5, 0.6) is 0 Å². The molecule has 72 heavy (non-hydrogen) atoms. The lowest BCUT2D eigenvalue weighted by Gasteiger charge is -2.18. The molecular formula is C66H128O6. The molecule has 6 nitrogen and oxygen atoms in total. The standard InChI is InChI=1S/C66H128O6/c1-6-9-10-11-12-13-14-15-16-17-21-24-27-30-36-41-46-51-56-64(67)70-59-63(60-71-65(68)57-52-47-42-37-33-32-35-40-45-50-55-62(5)8-3)72-66(69)58-53-48-43-38-31-28-25-22-19-18-20-23-26-29-34-39-44-49-54-61(4)7-2/h61-63H,6-60H2,1-5H3/t61?,62?,63-/m1/s1. The van der Waals surface area contributed by atoms with E-state index in [2.05, 4.69) is 34.6 Å². The van der Waals surface area contributed by atoms with Gasteiger partial charge in [0.2, 0.25) is 0 Å². The molecule has 0 N–H and O–H groups in total. The number of ether oxygens (including phenoxy) is 3. The summed E-state index contributed by atoms with van der Waals surface area (Å²) in [5.41, 5.74) is 0. The van der Waals surface area contributed by atoms with Gasteiger partial charge in [0.05, 0.1) is 0 Å². The van der Waals surface area contributed by atoms with Crippen LogP contribution in [0.15, 0.2) is 0 Å². The molecule has 0 saturated heterocycles. The number of hydrogen-bond donors (Lipinski definition) is 0. The summed E-state index contributed by atoms with van der Waals surface area (Å²) in [7, 11) is 0. The summed E-state index contributed by atoms with van der Waals surface area (Å²) < 4.78 is 17.0. The first-order valence-electron chi connectivity index (χ1n) is 32.8. The van der Waals surface area contributed by atoms with Gasteiger partial charge in [0.25, 0.3) is 0 Å². The SMILES string of the molecule is CCCCCCCCCCCCCCCCCCCCC(=O)OC[C@H](COC(=O)CCCCCCCCCCCCC(C)CC)OC(=O)CCCCCCCCCCCCCCCCCCCCC(C)CC. The molecule has 0 aromatic carbocycles. The number of carbonyl (C=O) groups is 3. The van der Waals surface area contributed by atoms with Crippen molar-refractivity contribution < 1.29 is 28.6 Å². The molecule has 0 bridgehead atoms. The van der Waals surface area contributed by atoms with Crippen LogP contribution in [0.2, 0.25) is 0 Å². The predicted octanol–water partition coefficient (Wildman–Crippen LogP) is 22.0. The maximum Gasteiger partial charge on any atom is 0.306 e. The van der Waals surface area contributed by atoms with Gasteiger partial charge in [-0.2, -0.15) is 0 Å². The first kappa shape index (κ1) is 70.4. The quantitative estimate of drug-likeness (QED) is 0.0343. The largest absolute Gasteiger partial charge is 0.462 e. The van der Waals surface area contributed by atoms with E-state index in [0.29, 0.717) is 19.3 Å². The van der Waals surface area contributed by atoms with Crippen molar-refractivity contribution in [2.75, 3.05) is 13.2 Å². The fraction of sp³-hybridized carbons (Fsp3) is 0.955. The molecule has 6 heteroatoms. The van der Waals surface area contributed by atoms with Gasteiger partial charge in [-0.25, -0.2) is 0 Å². The summed E-state index contributed by atoms with van der Waals surface area (Å²) in [6.07, 6.45) is 65.2. The van der Waals surface area contributed by atoms with E-state index in [9.17, 15) is 14.4 Å². The van der Waals surface area contributed by atoms with Crippen LogP contribution in [0.25, 0.3) is 0 Å². The van der Waals surface area contributed by atoms with Gasteiger partial charge in [0.15, 0.2) is 6.10 Å². The molecule has 0 aromatic heterocycles. The van der Waals surface area contributed by atoms with E-state index in [-0.39, 0.29) is 31.1 Å². The van der Waals surface area contributed by atoms with Crippen molar-refractivity contribution in [3.63, 3.8) is 0 Å². The molecule has 0 aliphatic carbocycles. The van der Waals surface area contributed by atoms with Crippen LogP contribution in [0.1, 0.15) is 375 Å². The van der Waals surface area contributed by atoms with E-state index < -0.39 is 6.10 Å². The minimum absolute atomic E-state index is 0.0619. The van der Waals surface area contributed by atoms with Crippen molar-refractivity contribution in [3.8, 4) is 0 Å². The Labute approximate surface area is 450 Å². The molecule has 0 heterocycles. The van der Waals surface area contributed by atoms with Crippen LogP contribution in [0, 0.1) is 11.8 Å². The Kier molecular flexibility index (Phi) is 57.4. The highest BCUT2D eigenvalue weighted by Gasteiger charge is 2.19. The Morgan fingerprint density at radius 2 is 0.486 bits per heavy atom. The van der Waals surface area contributed by atoms with E-state index in [1.165, 1.54) is 263 Å². The third kappa shape index (κ3) is 56.1. The van der Waals surface area contributed by atoms with Crippen LogP contribution in [0.4, 0.5) is 0 Å². The van der Waals surface area contributed by atoms with Crippen molar-refractivity contribution in [2.45, 2.75) is 381 Å². The average Bonchev–Trinajstić information content (AvgIpc) is 3.38. The average molecular weight is 1020 g/mol. The maximum absolute atomic E-state index is 12.9. The molecule has 2 unspecified atom stereocenters. The van der Waals surface area contributed by atoms with Gasteiger partial charge in [0, 0.05) is 19.3 Å².